The van der Waals surface area contributed by atoms with E-state index in [2.05, 4.69) is 15.2 Å². The molecule has 0 radical (unpaired) electrons. The van der Waals surface area contributed by atoms with E-state index < -0.39 is 0 Å². The van der Waals surface area contributed by atoms with Gasteiger partial charge in [0.2, 0.25) is 0 Å². The van der Waals surface area contributed by atoms with Gasteiger partial charge in [-0.3, -0.25) is 9.69 Å². The minimum atomic E-state index is -0.126. The molecule has 9 heteroatoms. The fourth-order valence-corrected chi connectivity index (χ4v) is 3.84. The second kappa shape index (κ2) is 11.1. The van der Waals surface area contributed by atoms with E-state index in [1.54, 1.807) is 13.2 Å². The lowest BCUT2D eigenvalue weighted by Gasteiger charge is -2.31. The van der Waals surface area contributed by atoms with Crippen molar-refractivity contribution >= 4 is 39.8 Å². The molecule has 0 bridgehead atoms. The molecular weight excluding hydrogens is 424 g/mol. The molecule has 0 atom stereocenters. The van der Waals surface area contributed by atoms with Gasteiger partial charge in [0.25, 0.3) is 5.56 Å². The van der Waals surface area contributed by atoms with Crippen molar-refractivity contribution in [3.63, 3.8) is 0 Å². The summed E-state index contributed by atoms with van der Waals surface area (Å²) in [4.78, 5) is 20.1. The van der Waals surface area contributed by atoms with Gasteiger partial charge < -0.3 is 24.7 Å². The summed E-state index contributed by atoms with van der Waals surface area (Å²) in [5.41, 5.74) is 2.25. The number of benzene rings is 1. The van der Waals surface area contributed by atoms with Crippen LogP contribution >= 0.6 is 23.8 Å². The molecule has 2 heterocycles. The maximum absolute atomic E-state index is 12.7. The molecule has 3 rings (SSSR count). The van der Waals surface area contributed by atoms with Crippen LogP contribution in [0.15, 0.2) is 23.0 Å². The van der Waals surface area contributed by atoms with Crippen LogP contribution < -0.4 is 10.9 Å². The molecule has 7 nitrogen and oxygen atoms in total. The SMILES string of the molecule is COCCNC(=S)N(CCN1CCOCC1)Cc1cc2cc(C)c(Cl)cc2[nH]c1=O. The molecule has 0 amide bonds. The van der Waals surface area contributed by atoms with Gasteiger partial charge in [0.05, 0.1) is 26.4 Å². The van der Waals surface area contributed by atoms with Crippen LogP contribution in [0.5, 0.6) is 0 Å². The molecule has 164 valence electrons. The first-order valence-corrected chi connectivity index (χ1v) is 10.9. The molecule has 1 aromatic carbocycles. The second-order valence-corrected chi connectivity index (χ2v) is 8.21. The van der Waals surface area contributed by atoms with Crippen molar-refractivity contribution in [1.29, 1.82) is 0 Å². The monoisotopic (exact) mass is 452 g/mol. The van der Waals surface area contributed by atoms with E-state index in [9.17, 15) is 4.79 Å². The first-order chi connectivity index (χ1) is 14.5. The summed E-state index contributed by atoms with van der Waals surface area (Å²) in [5, 5.41) is 5.44. The van der Waals surface area contributed by atoms with Crippen LogP contribution in [0.4, 0.5) is 0 Å². The number of nitrogens with zero attached hydrogens (tertiary/aromatic N) is 2. The van der Waals surface area contributed by atoms with Crippen LogP contribution in [-0.4, -0.2) is 79.6 Å². The van der Waals surface area contributed by atoms with Crippen LogP contribution in [0.3, 0.4) is 0 Å². The fourth-order valence-electron chi connectivity index (χ4n) is 3.42. The third-order valence-electron chi connectivity index (χ3n) is 5.22. The maximum atomic E-state index is 12.7. The number of aryl methyl sites for hydroxylation is 1. The number of aromatic amines is 1. The lowest BCUT2D eigenvalue weighted by molar-refractivity contribution is 0.0357. The van der Waals surface area contributed by atoms with Crippen molar-refractivity contribution in [2.45, 2.75) is 13.5 Å². The van der Waals surface area contributed by atoms with Crippen molar-refractivity contribution in [3.8, 4) is 0 Å². The van der Waals surface area contributed by atoms with Crippen molar-refractivity contribution in [2.24, 2.45) is 0 Å². The van der Waals surface area contributed by atoms with E-state index in [0.717, 1.165) is 55.9 Å². The number of hydrogen-bond donors (Lipinski definition) is 2. The van der Waals surface area contributed by atoms with Gasteiger partial charge in [-0.05, 0) is 48.3 Å². The molecule has 1 aliphatic heterocycles. The zero-order chi connectivity index (χ0) is 21.5. The Labute approximate surface area is 187 Å². The average Bonchev–Trinajstić information content (AvgIpc) is 2.73. The Morgan fingerprint density at radius 1 is 1.37 bits per heavy atom. The zero-order valence-corrected chi connectivity index (χ0v) is 19.1. The Morgan fingerprint density at radius 3 is 2.87 bits per heavy atom. The molecule has 1 saturated heterocycles. The Hall–Kier alpha value is -1.71. The number of hydrogen-bond acceptors (Lipinski definition) is 5. The summed E-state index contributed by atoms with van der Waals surface area (Å²) in [6, 6.07) is 5.71. The number of ether oxygens (including phenoxy) is 2. The highest BCUT2D eigenvalue weighted by Gasteiger charge is 2.17. The van der Waals surface area contributed by atoms with Crippen molar-refractivity contribution in [2.75, 3.05) is 59.7 Å². The summed E-state index contributed by atoms with van der Waals surface area (Å²) in [7, 11) is 1.66. The quantitative estimate of drug-likeness (QED) is 0.469. The second-order valence-electron chi connectivity index (χ2n) is 7.41. The number of methoxy groups -OCH3 is 1. The predicted octanol–water partition coefficient (Wildman–Crippen LogP) is 2.15. The molecular formula is C21H29ClN4O3S. The highest BCUT2D eigenvalue weighted by atomic mass is 35.5. The maximum Gasteiger partial charge on any atom is 0.253 e. The summed E-state index contributed by atoms with van der Waals surface area (Å²) in [6.07, 6.45) is 0. The van der Waals surface area contributed by atoms with E-state index in [1.807, 2.05) is 24.0 Å². The average molecular weight is 453 g/mol. The Bertz CT molecular complexity index is 930. The molecule has 0 unspecified atom stereocenters. The molecule has 30 heavy (non-hydrogen) atoms. The standard InChI is InChI=1S/C21H29ClN4O3S/c1-15-11-16-12-17(20(27)24-19(16)13-18(15)22)14-26(21(30)23-3-8-28-2)5-4-25-6-9-29-10-7-25/h11-13H,3-10,14H2,1-2H3,(H,23,30)(H,24,27). The zero-order valence-electron chi connectivity index (χ0n) is 17.5. The lowest BCUT2D eigenvalue weighted by Crippen LogP contribution is -2.46. The van der Waals surface area contributed by atoms with Gasteiger partial charge in [-0.15, -0.1) is 0 Å². The summed E-state index contributed by atoms with van der Waals surface area (Å²) in [5.74, 6) is 0. The smallest absolute Gasteiger partial charge is 0.253 e. The first-order valence-electron chi connectivity index (χ1n) is 10.1. The fraction of sp³-hybridized carbons (Fsp3) is 0.524. The number of aromatic nitrogens is 1. The molecule has 0 spiro atoms. The third-order valence-corrected chi connectivity index (χ3v) is 6.03. The Morgan fingerprint density at radius 2 is 2.13 bits per heavy atom. The number of rotatable bonds is 8. The number of thiocarbonyl (C=S) groups is 1. The van der Waals surface area contributed by atoms with Crippen LogP contribution in [0, 0.1) is 6.92 Å². The van der Waals surface area contributed by atoms with Crippen molar-refractivity contribution in [1.82, 2.24) is 20.1 Å². The minimum Gasteiger partial charge on any atom is -0.383 e. The largest absolute Gasteiger partial charge is 0.383 e. The van der Waals surface area contributed by atoms with Gasteiger partial charge in [0.15, 0.2) is 5.11 Å². The van der Waals surface area contributed by atoms with E-state index in [-0.39, 0.29) is 5.56 Å². The topological polar surface area (TPSA) is 69.8 Å². The molecule has 2 N–H and O–H groups in total. The number of pyridine rings is 1. The van der Waals surface area contributed by atoms with Crippen molar-refractivity contribution < 1.29 is 9.47 Å². The number of fused-ring (bicyclic) bond motifs is 1. The Balaban J connectivity index is 1.77. The number of nitrogens with one attached hydrogen (secondary N) is 2. The van der Waals surface area contributed by atoms with Gasteiger partial charge in [-0.2, -0.15) is 0 Å². The predicted molar refractivity (Wildman–Crippen MR) is 124 cm³/mol. The lowest BCUT2D eigenvalue weighted by atomic mass is 10.1. The molecule has 0 saturated carbocycles. The normalized spacial score (nSPS) is 14.8. The number of morpholine rings is 1. The van der Waals surface area contributed by atoms with Crippen LogP contribution in [0.1, 0.15) is 11.1 Å². The third kappa shape index (κ3) is 6.15. The number of H-pyrrole nitrogens is 1. The van der Waals surface area contributed by atoms with Gasteiger partial charge in [0, 0.05) is 55.9 Å². The first kappa shape index (κ1) is 23.0. The summed E-state index contributed by atoms with van der Waals surface area (Å²) in [6.45, 7) is 8.47. The van der Waals surface area contributed by atoms with E-state index in [1.165, 1.54) is 0 Å². The van der Waals surface area contributed by atoms with Gasteiger partial charge in [-0.25, -0.2) is 0 Å². The highest BCUT2D eigenvalue weighted by Crippen LogP contribution is 2.22. The molecule has 0 aliphatic carbocycles. The van der Waals surface area contributed by atoms with E-state index >= 15 is 0 Å². The summed E-state index contributed by atoms with van der Waals surface area (Å²) >= 11 is 11.8. The van der Waals surface area contributed by atoms with Crippen LogP contribution in [0.2, 0.25) is 5.02 Å². The molecule has 2 aromatic rings. The van der Waals surface area contributed by atoms with Crippen LogP contribution in [-0.2, 0) is 16.0 Å². The molecule has 1 aliphatic rings. The van der Waals surface area contributed by atoms with E-state index in [0.29, 0.717) is 35.4 Å². The minimum absolute atomic E-state index is 0.126. The van der Waals surface area contributed by atoms with Gasteiger partial charge in [0.1, 0.15) is 0 Å². The van der Waals surface area contributed by atoms with Crippen LogP contribution in [0.25, 0.3) is 10.9 Å². The van der Waals surface area contributed by atoms with Crippen molar-refractivity contribution in [3.05, 3.63) is 44.7 Å². The Kier molecular flexibility index (Phi) is 8.47. The summed E-state index contributed by atoms with van der Waals surface area (Å²) < 4.78 is 10.5. The number of halogens is 1. The van der Waals surface area contributed by atoms with Gasteiger partial charge >= 0.3 is 0 Å². The van der Waals surface area contributed by atoms with E-state index in [4.69, 9.17) is 33.3 Å². The van der Waals surface area contributed by atoms with Gasteiger partial charge in [-0.1, -0.05) is 11.6 Å². The molecule has 1 fully saturated rings. The highest BCUT2D eigenvalue weighted by molar-refractivity contribution is 7.80. The molecule has 1 aromatic heterocycles.